The Balaban J connectivity index is 4.45. The van der Waals surface area contributed by atoms with Crippen LogP contribution in [0.25, 0.3) is 0 Å². The highest BCUT2D eigenvalue weighted by Gasteiger charge is 2.61. The monoisotopic (exact) mass is 304 g/mol. The Morgan fingerprint density at radius 2 is 1.45 bits per heavy atom. The van der Waals surface area contributed by atoms with E-state index in [0.717, 1.165) is 0 Å². The summed E-state index contributed by atoms with van der Waals surface area (Å²) in [5.74, 6) is -4.68. The third-order valence-corrected chi connectivity index (χ3v) is 3.32. The van der Waals surface area contributed by atoms with Crippen LogP contribution in [-0.4, -0.2) is 22.3 Å². The van der Waals surface area contributed by atoms with Crippen LogP contribution in [0.2, 0.25) is 0 Å². The normalized spacial score (nSPS) is 16.6. The quantitative estimate of drug-likeness (QED) is 0.542. The fourth-order valence-electron chi connectivity index (χ4n) is 0.274. The zero-order chi connectivity index (χ0) is 9.28. The van der Waals surface area contributed by atoms with E-state index in [4.69, 9.17) is 0 Å². The molecule has 0 aromatic carbocycles. The van der Waals surface area contributed by atoms with E-state index in [2.05, 4.69) is 31.9 Å². The van der Waals surface area contributed by atoms with Crippen molar-refractivity contribution >= 4 is 31.9 Å². The van der Waals surface area contributed by atoms with Gasteiger partial charge in [-0.15, -0.1) is 0 Å². The Bertz CT molecular complexity index is 131. The highest BCUT2D eigenvalue weighted by atomic mass is 79.9. The number of alkyl halides is 7. The Morgan fingerprint density at radius 1 is 1.09 bits per heavy atom. The molecule has 0 amide bonds. The van der Waals surface area contributed by atoms with Gasteiger partial charge in [-0.3, -0.25) is 0 Å². The van der Waals surface area contributed by atoms with Gasteiger partial charge in [0, 0.05) is 5.33 Å². The molecule has 11 heavy (non-hydrogen) atoms. The van der Waals surface area contributed by atoms with Crippen LogP contribution >= 0.6 is 31.9 Å². The lowest BCUT2D eigenvalue weighted by atomic mass is 10.2. The predicted molar refractivity (Wildman–Crippen MR) is 37.5 cm³/mol. The average molecular weight is 306 g/mol. The molecule has 0 aromatic heterocycles. The van der Waals surface area contributed by atoms with E-state index in [1.54, 1.807) is 0 Å². The SMILES string of the molecule is FC(F)(F)C(F)(F)[C@@H](Br)CBr. The first-order valence-electron chi connectivity index (χ1n) is 2.38. The molecule has 0 fully saturated rings. The minimum Gasteiger partial charge on any atom is -0.195 e. The maximum Gasteiger partial charge on any atom is 0.454 e. The highest BCUT2D eigenvalue weighted by molar-refractivity contribution is 9.12. The lowest BCUT2D eigenvalue weighted by molar-refractivity contribution is -0.278. The third-order valence-electron chi connectivity index (χ3n) is 0.907. The van der Waals surface area contributed by atoms with Crippen molar-refractivity contribution in [1.82, 2.24) is 0 Å². The van der Waals surface area contributed by atoms with Crippen molar-refractivity contribution in [2.24, 2.45) is 0 Å². The summed E-state index contributed by atoms with van der Waals surface area (Å²) in [6.07, 6.45) is -5.49. The van der Waals surface area contributed by atoms with Crippen molar-refractivity contribution < 1.29 is 22.0 Å². The number of hydrogen-bond donors (Lipinski definition) is 0. The maximum absolute atomic E-state index is 12.1. The van der Waals surface area contributed by atoms with Crippen molar-refractivity contribution in [3.05, 3.63) is 0 Å². The minimum absolute atomic E-state index is 0.459. The van der Waals surface area contributed by atoms with Gasteiger partial charge in [0.15, 0.2) is 0 Å². The van der Waals surface area contributed by atoms with Crippen molar-refractivity contribution in [3.8, 4) is 0 Å². The van der Waals surface area contributed by atoms with E-state index in [-0.39, 0.29) is 0 Å². The summed E-state index contributed by atoms with van der Waals surface area (Å²) in [6.45, 7) is 0. The predicted octanol–water partition coefficient (Wildman–Crippen LogP) is 3.34. The van der Waals surface area contributed by atoms with Crippen LogP contribution in [0.3, 0.4) is 0 Å². The number of hydrogen-bond acceptors (Lipinski definition) is 0. The lowest BCUT2D eigenvalue weighted by Gasteiger charge is -2.22. The van der Waals surface area contributed by atoms with Gasteiger partial charge in [0.25, 0.3) is 0 Å². The molecule has 0 aromatic rings. The van der Waals surface area contributed by atoms with Crippen LogP contribution in [0.5, 0.6) is 0 Å². The first kappa shape index (κ1) is 11.6. The van der Waals surface area contributed by atoms with Crippen molar-refractivity contribution in [3.63, 3.8) is 0 Å². The van der Waals surface area contributed by atoms with Crippen LogP contribution in [-0.2, 0) is 0 Å². The molecule has 68 valence electrons. The van der Waals surface area contributed by atoms with Crippen LogP contribution in [0, 0.1) is 0 Å². The average Bonchev–Trinajstić information content (AvgIpc) is 1.83. The molecule has 0 aliphatic carbocycles. The first-order valence-corrected chi connectivity index (χ1v) is 4.41. The molecule has 0 aliphatic rings. The molecular weight excluding hydrogens is 303 g/mol. The van der Waals surface area contributed by atoms with Gasteiger partial charge in [-0.1, -0.05) is 31.9 Å². The Hall–Kier alpha value is 0.610. The molecule has 0 radical (unpaired) electrons. The fourth-order valence-corrected chi connectivity index (χ4v) is 0.941. The zero-order valence-corrected chi connectivity index (χ0v) is 8.10. The standard InChI is InChI=1S/C4H3Br2F5/c5-1-2(6)3(7,8)4(9,10)11/h2H,1H2/t2-/m0/s1. The summed E-state index contributed by atoms with van der Waals surface area (Å²) >= 11 is 4.73. The summed E-state index contributed by atoms with van der Waals surface area (Å²) in [7, 11) is 0. The molecule has 1 atom stereocenters. The molecule has 0 aliphatic heterocycles. The van der Waals surface area contributed by atoms with Crippen LogP contribution in [0.1, 0.15) is 0 Å². The second-order valence-corrected chi connectivity index (χ2v) is 3.50. The van der Waals surface area contributed by atoms with E-state index in [0.29, 0.717) is 0 Å². The van der Waals surface area contributed by atoms with E-state index in [9.17, 15) is 22.0 Å². The molecule has 0 unspecified atom stereocenters. The molecule has 0 spiro atoms. The zero-order valence-electron chi connectivity index (χ0n) is 4.93. The molecule has 0 nitrogen and oxygen atoms in total. The molecule has 0 bridgehead atoms. The summed E-state index contributed by atoms with van der Waals surface area (Å²) in [5, 5.41) is -0.459. The first-order chi connectivity index (χ1) is 4.73. The van der Waals surface area contributed by atoms with Gasteiger partial charge in [-0.05, 0) is 0 Å². The minimum atomic E-state index is -5.49. The van der Waals surface area contributed by atoms with Crippen LogP contribution in [0.15, 0.2) is 0 Å². The van der Waals surface area contributed by atoms with Crippen molar-refractivity contribution in [1.29, 1.82) is 0 Å². The molecular formula is C4H3Br2F5. The largest absolute Gasteiger partial charge is 0.454 e. The topological polar surface area (TPSA) is 0 Å². The Morgan fingerprint density at radius 3 is 1.55 bits per heavy atom. The molecule has 7 heteroatoms. The summed E-state index contributed by atoms with van der Waals surface area (Å²) in [5.41, 5.74) is 0. The van der Waals surface area contributed by atoms with E-state index in [1.165, 1.54) is 0 Å². The van der Waals surface area contributed by atoms with Gasteiger partial charge in [-0.25, -0.2) is 0 Å². The molecule has 0 saturated heterocycles. The molecule has 0 rings (SSSR count). The second-order valence-electron chi connectivity index (χ2n) is 1.74. The molecule has 0 saturated carbocycles. The molecule has 0 N–H and O–H groups in total. The van der Waals surface area contributed by atoms with Gasteiger partial charge < -0.3 is 0 Å². The summed E-state index contributed by atoms with van der Waals surface area (Å²) in [4.78, 5) is -1.92. The summed E-state index contributed by atoms with van der Waals surface area (Å²) in [6, 6.07) is 0. The van der Waals surface area contributed by atoms with Crippen LogP contribution < -0.4 is 0 Å². The van der Waals surface area contributed by atoms with Crippen molar-refractivity contribution in [2.45, 2.75) is 16.9 Å². The Labute approximate surface area is 76.4 Å². The van der Waals surface area contributed by atoms with E-state index in [1.807, 2.05) is 0 Å². The fraction of sp³-hybridized carbons (Fsp3) is 1.00. The van der Waals surface area contributed by atoms with Gasteiger partial charge in [0.1, 0.15) is 0 Å². The van der Waals surface area contributed by atoms with Gasteiger partial charge in [0.2, 0.25) is 0 Å². The number of halogens is 7. The van der Waals surface area contributed by atoms with Crippen LogP contribution in [0.4, 0.5) is 22.0 Å². The van der Waals surface area contributed by atoms with E-state index >= 15 is 0 Å². The maximum atomic E-state index is 12.1. The molecule has 0 heterocycles. The summed E-state index contributed by atoms with van der Waals surface area (Å²) < 4.78 is 58.7. The Kier molecular flexibility index (Phi) is 3.75. The van der Waals surface area contributed by atoms with Gasteiger partial charge in [-0.2, -0.15) is 22.0 Å². The van der Waals surface area contributed by atoms with Gasteiger partial charge >= 0.3 is 12.1 Å². The lowest BCUT2D eigenvalue weighted by Crippen LogP contribution is -2.44. The second kappa shape index (κ2) is 3.55. The van der Waals surface area contributed by atoms with E-state index < -0.39 is 22.3 Å². The third kappa shape index (κ3) is 2.54. The van der Waals surface area contributed by atoms with Crippen molar-refractivity contribution in [2.75, 3.05) is 5.33 Å². The highest BCUT2D eigenvalue weighted by Crippen LogP contribution is 2.41. The van der Waals surface area contributed by atoms with Gasteiger partial charge in [0.05, 0.1) is 4.83 Å². The smallest absolute Gasteiger partial charge is 0.195 e. The number of rotatable bonds is 2.